The van der Waals surface area contributed by atoms with E-state index in [0.29, 0.717) is 0 Å². The molecule has 5 nitrogen and oxygen atoms in total. The van der Waals surface area contributed by atoms with E-state index >= 15 is 0 Å². The molecule has 1 aliphatic heterocycles. The molecule has 1 fully saturated rings. The summed E-state index contributed by atoms with van der Waals surface area (Å²) >= 11 is 0. The normalized spacial score (nSPS) is 18.4. The van der Waals surface area contributed by atoms with E-state index in [1.807, 2.05) is 0 Å². The highest BCUT2D eigenvalue weighted by Crippen LogP contribution is 2.01. The number of likely N-dealkylation sites (N-methyl/N-ethyl adjacent to an activating group) is 2. The van der Waals surface area contributed by atoms with Crippen LogP contribution in [0.2, 0.25) is 0 Å². The third-order valence-corrected chi connectivity index (χ3v) is 3.15. The zero-order valence-corrected chi connectivity index (χ0v) is 10.6. The van der Waals surface area contributed by atoms with E-state index in [-0.39, 0.29) is 6.09 Å². The second kappa shape index (κ2) is 6.70. The highest BCUT2D eigenvalue weighted by molar-refractivity contribution is 5.66. The summed E-state index contributed by atoms with van der Waals surface area (Å²) in [5.41, 5.74) is 0. The molecule has 0 aliphatic carbocycles. The van der Waals surface area contributed by atoms with Gasteiger partial charge in [-0.05, 0) is 6.54 Å². The van der Waals surface area contributed by atoms with Gasteiger partial charge in [0.2, 0.25) is 0 Å². The van der Waals surface area contributed by atoms with Crippen LogP contribution in [0.25, 0.3) is 0 Å². The van der Waals surface area contributed by atoms with Gasteiger partial charge in [0.25, 0.3) is 0 Å². The van der Waals surface area contributed by atoms with Gasteiger partial charge in [0.05, 0.1) is 7.11 Å². The second-order valence-corrected chi connectivity index (χ2v) is 4.17. The van der Waals surface area contributed by atoms with Crippen LogP contribution in [0.4, 0.5) is 4.79 Å². The first-order valence-electron chi connectivity index (χ1n) is 5.91. The van der Waals surface area contributed by atoms with Crippen molar-refractivity contribution in [1.82, 2.24) is 14.7 Å². The molecular formula is C11H23N3O2. The van der Waals surface area contributed by atoms with Crippen LogP contribution in [0, 0.1) is 0 Å². The lowest BCUT2D eigenvalue weighted by Gasteiger charge is -2.34. The molecule has 94 valence electrons. The SMILES string of the molecule is CCN1CCN(CCN(C)C(=O)OC)CC1. The number of amides is 1. The first-order valence-corrected chi connectivity index (χ1v) is 5.91. The average Bonchev–Trinajstić information content (AvgIpc) is 2.35. The third kappa shape index (κ3) is 3.98. The van der Waals surface area contributed by atoms with Gasteiger partial charge < -0.3 is 14.5 Å². The van der Waals surface area contributed by atoms with Crippen LogP contribution in [0.5, 0.6) is 0 Å². The first kappa shape index (κ1) is 13.3. The molecular weight excluding hydrogens is 206 g/mol. The average molecular weight is 229 g/mol. The fraction of sp³-hybridized carbons (Fsp3) is 0.909. The van der Waals surface area contributed by atoms with E-state index in [9.17, 15) is 4.79 Å². The number of rotatable bonds is 4. The van der Waals surface area contributed by atoms with Gasteiger partial charge >= 0.3 is 6.09 Å². The number of nitrogens with zero attached hydrogens (tertiary/aromatic N) is 3. The van der Waals surface area contributed by atoms with E-state index < -0.39 is 0 Å². The maximum absolute atomic E-state index is 11.2. The number of carbonyl (C=O) groups excluding carboxylic acids is 1. The second-order valence-electron chi connectivity index (χ2n) is 4.17. The number of methoxy groups -OCH3 is 1. The number of hydrogen-bond donors (Lipinski definition) is 0. The zero-order valence-electron chi connectivity index (χ0n) is 10.6. The van der Waals surface area contributed by atoms with Crippen LogP contribution < -0.4 is 0 Å². The van der Waals surface area contributed by atoms with Gasteiger partial charge in [-0.2, -0.15) is 0 Å². The monoisotopic (exact) mass is 229 g/mol. The maximum atomic E-state index is 11.2. The van der Waals surface area contributed by atoms with Gasteiger partial charge in [-0.3, -0.25) is 4.90 Å². The lowest BCUT2D eigenvalue weighted by molar-refractivity contribution is 0.110. The summed E-state index contributed by atoms with van der Waals surface area (Å²) in [4.78, 5) is 17.6. The largest absolute Gasteiger partial charge is 0.453 e. The molecule has 0 aromatic rings. The van der Waals surface area contributed by atoms with Crippen LogP contribution in [-0.2, 0) is 4.74 Å². The first-order chi connectivity index (χ1) is 7.67. The highest BCUT2D eigenvalue weighted by Gasteiger charge is 2.16. The van der Waals surface area contributed by atoms with E-state index in [4.69, 9.17) is 0 Å². The molecule has 0 radical (unpaired) electrons. The molecule has 0 spiro atoms. The van der Waals surface area contributed by atoms with Crippen LogP contribution in [0.1, 0.15) is 6.92 Å². The van der Waals surface area contributed by atoms with Crippen LogP contribution in [0.15, 0.2) is 0 Å². The van der Waals surface area contributed by atoms with Gasteiger partial charge in [0.15, 0.2) is 0 Å². The number of hydrogen-bond acceptors (Lipinski definition) is 4. The van der Waals surface area contributed by atoms with Crippen molar-refractivity contribution in [1.29, 1.82) is 0 Å². The molecule has 0 unspecified atom stereocenters. The lowest BCUT2D eigenvalue weighted by Crippen LogP contribution is -2.48. The Morgan fingerprint density at radius 3 is 2.31 bits per heavy atom. The van der Waals surface area contributed by atoms with Crippen molar-refractivity contribution < 1.29 is 9.53 Å². The molecule has 0 aromatic carbocycles. The van der Waals surface area contributed by atoms with Crippen molar-refractivity contribution >= 4 is 6.09 Å². The quantitative estimate of drug-likeness (QED) is 0.696. The molecule has 1 saturated heterocycles. The Balaban J connectivity index is 2.17. The standard InChI is InChI=1S/C11H23N3O2/c1-4-13-7-9-14(10-8-13)6-5-12(2)11(15)16-3/h4-10H2,1-3H3. The van der Waals surface area contributed by atoms with Crippen LogP contribution >= 0.6 is 0 Å². The Morgan fingerprint density at radius 2 is 1.81 bits per heavy atom. The molecule has 0 N–H and O–H groups in total. The fourth-order valence-corrected chi connectivity index (χ4v) is 1.87. The molecule has 16 heavy (non-hydrogen) atoms. The Labute approximate surface area is 97.9 Å². The van der Waals surface area contributed by atoms with E-state index in [0.717, 1.165) is 45.8 Å². The van der Waals surface area contributed by atoms with Gasteiger partial charge in [-0.15, -0.1) is 0 Å². The highest BCUT2D eigenvalue weighted by atomic mass is 16.5. The minimum Gasteiger partial charge on any atom is -0.453 e. The predicted octanol–water partition coefficient (Wildman–Crippen LogP) is 0.322. The summed E-state index contributed by atoms with van der Waals surface area (Å²) in [5.74, 6) is 0. The van der Waals surface area contributed by atoms with Gasteiger partial charge in [0, 0.05) is 46.3 Å². The van der Waals surface area contributed by atoms with Gasteiger partial charge in [-0.25, -0.2) is 4.79 Å². The van der Waals surface area contributed by atoms with Crippen molar-refractivity contribution in [2.24, 2.45) is 0 Å². The molecule has 1 amide bonds. The summed E-state index contributed by atoms with van der Waals surface area (Å²) in [6, 6.07) is 0. The molecule has 0 saturated carbocycles. The zero-order chi connectivity index (χ0) is 12.0. The molecule has 0 aromatic heterocycles. The molecule has 1 aliphatic rings. The Hall–Kier alpha value is -0.810. The minimum absolute atomic E-state index is 0.257. The molecule has 0 bridgehead atoms. The van der Waals surface area contributed by atoms with Gasteiger partial charge in [-0.1, -0.05) is 6.92 Å². The molecule has 0 atom stereocenters. The van der Waals surface area contributed by atoms with E-state index in [1.165, 1.54) is 7.11 Å². The summed E-state index contributed by atoms with van der Waals surface area (Å²) < 4.78 is 4.65. The smallest absolute Gasteiger partial charge is 0.409 e. The van der Waals surface area contributed by atoms with Crippen LogP contribution in [0.3, 0.4) is 0 Å². The Bertz CT molecular complexity index is 215. The predicted molar refractivity (Wildman–Crippen MR) is 63.6 cm³/mol. The fourth-order valence-electron chi connectivity index (χ4n) is 1.87. The summed E-state index contributed by atoms with van der Waals surface area (Å²) in [7, 11) is 3.19. The topological polar surface area (TPSA) is 36.0 Å². The summed E-state index contributed by atoms with van der Waals surface area (Å²) in [5, 5.41) is 0. The third-order valence-electron chi connectivity index (χ3n) is 3.15. The van der Waals surface area contributed by atoms with Crippen molar-refractivity contribution in [3.8, 4) is 0 Å². The summed E-state index contributed by atoms with van der Waals surface area (Å²) in [6.45, 7) is 9.47. The molecule has 1 rings (SSSR count). The van der Waals surface area contributed by atoms with Crippen molar-refractivity contribution in [2.45, 2.75) is 6.92 Å². The number of piperazine rings is 1. The van der Waals surface area contributed by atoms with Crippen molar-refractivity contribution in [3.05, 3.63) is 0 Å². The van der Waals surface area contributed by atoms with E-state index in [2.05, 4.69) is 21.5 Å². The van der Waals surface area contributed by atoms with Gasteiger partial charge in [0.1, 0.15) is 0 Å². The molecule has 5 heteroatoms. The maximum Gasteiger partial charge on any atom is 0.409 e. The lowest BCUT2D eigenvalue weighted by atomic mass is 10.3. The van der Waals surface area contributed by atoms with E-state index in [1.54, 1.807) is 11.9 Å². The minimum atomic E-state index is -0.257. The van der Waals surface area contributed by atoms with Crippen molar-refractivity contribution in [2.75, 3.05) is 60.0 Å². The Morgan fingerprint density at radius 1 is 1.25 bits per heavy atom. The number of carbonyl (C=O) groups is 1. The Kier molecular flexibility index (Phi) is 5.55. The van der Waals surface area contributed by atoms with Crippen LogP contribution in [-0.4, -0.2) is 80.8 Å². The van der Waals surface area contributed by atoms with Crippen molar-refractivity contribution in [3.63, 3.8) is 0 Å². The molecule has 1 heterocycles. The number of ether oxygens (including phenoxy) is 1. The summed E-state index contributed by atoms with van der Waals surface area (Å²) in [6.07, 6.45) is -0.257.